The highest BCUT2D eigenvalue weighted by atomic mass is 32.2. The largest absolute Gasteiger partial charge is 0.457 e. The Balaban J connectivity index is 2.69. The third-order valence-corrected chi connectivity index (χ3v) is 3.24. The van der Waals surface area contributed by atoms with Gasteiger partial charge in [-0.25, -0.2) is 0 Å². The Hall–Kier alpha value is -0.660. The van der Waals surface area contributed by atoms with E-state index >= 15 is 0 Å². The highest BCUT2D eigenvalue weighted by molar-refractivity contribution is 8.12. The molecule has 88 valence electrons. The smallest absolute Gasteiger partial charge is 0.298 e. The Kier molecular flexibility index (Phi) is 4.69. The van der Waals surface area contributed by atoms with Crippen molar-refractivity contribution in [3.05, 3.63) is 29.8 Å². The van der Waals surface area contributed by atoms with Crippen molar-refractivity contribution in [2.75, 3.05) is 7.05 Å². The fraction of sp³-hybridized carbons (Fsp3) is 0.222. The quantitative estimate of drug-likeness (QED) is 0.613. The molecule has 0 bridgehead atoms. The fourth-order valence-corrected chi connectivity index (χ4v) is 2.54. The van der Waals surface area contributed by atoms with Gasteiger partial charge in [-0.15, -0.1) is 0 Å². The number of hydrogen-bond acceptors (Lipinski definition) is 4. The molecule has 0 amide bonds. The van der Waals surface area contributed by atoms with Crippen LogP contribution in [0.25, 0.3) is 0 Å². The van der Waals surface area contributed by atoms with Crippen molar-refractivity contribution in [2.24, 2.45) is 0 Å². The summed E-state index contributed by atoms with van der Waals surface area (Å²) in [5.41, 5.74) is -3.94. The zero-order chi connectivity index (χ0) is 12.2. The van der Waals surface area contributed by atoms with Gasteiger partial charge in [0, 0.05) is 29.5 Å². The highest BCUT2D eigenvalue weighted by Gasteiger charge is 2.31. The minimum absolute atomic E-state index is 0.249. The summed E-state index contributed by atoms with van der Waals surface area (Å²) in [5.74, 6) is 0. The van der Waals surface area contributed by atoms with Gasteiger partial charge in [0.15, 0.2) is 6.29 Å². The van der Waals surface area contributed by atoms with Crippen LogP contribution in [0.1, 0.15) is 10.4 Å². The molecule has 0 N–H and O–H groups in total. The highest BCUT2D eigenvalue weighted by Crippen LogP contribution is 2.38. The maximum absolute atomic E-state index is 12.0. The lowest BCUT2D eigenvalue weighted by atomic mass is 10.2. The zero-order valence-corrected chi connectivity index (χ0v) is 9.83. The van der Waals surface area contributed by atoms with Gasteiger partial charge in [-0.3, -0.25) is 4.79 Å². The number of benzene rings is 1. The Morgan fingerprint density at radius 2 is 1.94 bits per heavy atom. The first-order valence-corrected chi connectivity index (χ1v) is 5.69. The molecule has 2 nitrogen and oxygen atoms in total. The molecule has 0 aliphatic rings. The van der Waals surface area contributed by atoms with E-state index in [1.54, 1.807) is 24.3 Å². The van der Waals surface area contributed by atoms with Gasteiger partial charge in [-0.2, -0.15) is 16.9 Å². The van der Waals surface area contributed by atoms with Gasteiger partial charge in [0.2, 0.25) is 0 Å². The van der Waals surface area contributed by atoms with Crippen molar-refractivity contribution in [3.63, 3.8) is 0 Å². The molecule has 0 aromatic heterocycles. The molecule has 0 unspecified atom stereocenters. The van der Waals surface area contributed by atoms with Gasteiger partial charge in [-0.05, 0) is 18.0 Å². The average Bonchev–Trinajstić information content (AvgIpc) is 2.15. The van der Waals surface area contributed by atoms with Crippen LogP contribution in [0.5, 0.6) is 0 Å². The fourth-order valence-electron chi connectivity index (χ4n) is 0.964. The van der Waals surface area contributed by atoms with Gasteiger partial charge in [-0.1, -0.05) is 18.2 Å². The van der Waals surface area contributed by atoms with Crippen molar-refractivity contribution >= 4 is 30.2 Å². The van der Waals surface area contributed by atoms with Gasteiger partial charge in [0.25, 0.3) is 0 Å². The van der Waals surface area contributed by atoms with Crippen LogP contribution in [0.3, 0.4) is 0 Å². The van der Waals surface area contributed by atoms with Crippen LogP contribution in [0.2, 0.25) is 0 Å². The summed E-state index contributed by atoms with van der Waals surface area (Å²) < 4.78 is 37.0. The topological polar surface area (TPSA) is 20.3 Å². The zero-order valence-electron chi connectivity index (χ0n) is 8.19. The summed E-state index contributed by atoms with van der Waals surface area (Å²) >= 11 is 0.618. The molecule has 7 heteroatoms. The van der Waals surface area contributed by atoms with Crippen molar-refractivity contribution in [3.8, 4) is 0 Å². The van der Waals surface area contributed by atoms with Gasteiger partial charge in [0.1, 0.15) is 0 Å². The number of nitrogens with zero attached hydrogens (tertiary/aromatic N) is 1. The maximum atomic E-state index is 12.0. The molecule has 0 spiro atoms. The van der Waals surface area contributed by atoms with E-state index in [4.69, 9.17) is 0 Å². The molecule has 0 fully saturated rings. The van der Waals surface area contributed by atoms with E-state index in [-0.39, 0.29) is 11.9 Å². The Morgan fingerprint density at radius 3 is 2.50 bits per heavy atom. The third kappa shape index (κ3) is 4.46. The first-order chi connectivity index (χ1) is 7.42. The van der Waals surface area contributed by atoms with E-state index in [1.807, 2.05) is 0 Å². The van der Waals surface area contributed by atoms with Gasteiger partial charge < -0.3 is 0 Å². The SMILES string of the molecule is CN(Sc1ccccc1C=O)SC(F)(F)F. The minimum Gasteiger partial charge on any atom is -0.298 e. The number of rotatable bonds is 4. The minimum atomic E-state index is -4.32. The van der Waals surface area contributed by atoms with E-state index in [0.29, 0.717) is 16.7 Å². The molecule has 1 rings (SSSR count). The van der Waals surface area contributed by atoms with Crippen molar-refractivity contribution in [2.45, 2.75) is 10.4 Å². The third-order valence-electron chi connectivity index (χ3n) is 1.50. The molecule has 0 saturated heterocycles. The average molecular weight is 267 g/mol. The molecule has 0 heterocycles. The Labute approximate surface area is 99.5 Å². The van der Waals surface area contributed by atoms with Crippen LogP contribution in [-0.4, -0.2) is 22.6 Å². The lowest BCUT2D eigenvalue weighted by Crippen LogP contribution is -2.10. The second kappa shape index (κ2) is 5.60. The number of alkyl halides is 3. The van der Waals surface area contributed by atoms with Crippen molar-refractivity contribution < 1.29 is 18.0 Å². The summed E-state index contributed by atoms with van der Waals surface area (Å²) in [5, 5.41) is 0. The molecule has 0 atom stereocenters. The van der Waals surface area contributed by atoms with E-state index < -0.39 is 5.51 Å². The van der Waals surface area contributed by atoms with E-state index in [2.05, 4.69) is 0 Å². The number of carbonyl (C=O) groups is 1. The lowest BCUT2D eigenvalue weighted by molar-refractivity contribution is -0.0345. The first-order valence-electron chi connectivity index (χ1n) is 4.14. The maximum Gasteiger partial charge on any atom is 0.457 e. The normalized spacial score (nSPS) is 11.8. The summed E-state index contributed by atoms with van der Waals surface area (Å²) in [6.07, 6.45) is 0.619. The molecular formula is C9H8F3NOS2. The standard InChI is InChI=1S/C9H8F3NOS2/c1-13(16-9(10,11)12)15-8-5-3-2-4-7(8)6-14/h2-6H,1H3. The van der Waals surface area contributed by atoms with Gasteiger partial charge >= 0.3 is 5.51 Å². The second-order valence-corrected chi connectivity index (χ2v) is 5.32. The van der Waals surface area contributed by atoms with Crippen LogP contribution in [0.4, 0.5) is 13.2 Å². The molecule has 0 aliphatic heterocycles. The van der Waals surface area contributed by atoms with Crippen LogP contribution in [0, 0.1) is 0 Å². The predicted octanol–water partition coefficient (Wildman–Crippen LogP) is 3.61. The summed E-state index contributed by atoms with van der Waals surface area (Å²) in [7, 11) is 1.30. The number of halogens is 3. The van der Waals surface area contributed by atoms with Crippen LogP contribution in [0.15, 0.2) is 29.2 Å². The molecule has 1 aromatic rings. The van der Waals surface area contributed by atoms with Crippen LogP contribution >= 0.6 is 23.9 Å². The molecule has 16 heavy (non-hydrogen) atoms. The molecule has 0 saturated carbocycles. The summed E-state index contributed by atoms with van der Waals surface area (Å²) in [6.45, 7) is 0. The van der Waals surface area contributed by atoms with Crippen LogP contribution in [-0.2, 0) is 0 Å². The number of aldehydes is 1. The summed E-state index contributed by atoms with van der Waals surface area (Å²) in [4.78, 5) is 11.1. The molecular weight excluding hydrogens is 259 g/mol. The Bertz CT molecular complexity index is 370. The second-order valence-electron chi connectivity index (χ2n) is 2.72. The molecule has 1 aromatic carbocycles. The lowest BCUT2D eigenvalue weighted by Gasteiger charge is -2.16. The molecule has 0 aliphatic carbocycles. The first kappa shape index (κ1) is 13.4. The Morgan fingerprint density at radius 1 is 1.31 bits per heavy atom. The van der Waals surface area contributed by atoms with Crippen molar-refractivity contribution in [1.82, 2.24) is 3.71 Å². The van der Waals surface area contributed by atoms with E-state index in [1.165, 1.54) is 7.05 Å². The van der Waals surface area contributed by atoms with E-state index in [0.717, 1.165) is 15.7 Å². The monoisotopic (exact) mass is 267 g/mol. The van der Waals surface area contributed by atoms with Crippen molar-refractivity contribution in [1.29, 1.82) is 0 Å². The predicted molar refractivity (Wildman–Crippen MR) is 59.1 cm³/mol. The molecule has 0 radical (unpaired) electrons. The number of carbonyl (C=O) groups excluding carboxylic acids is 1. The van der Waals surface area contributed by atoms with Crippen LogP contribution < -0.4 is 0 Å². The van der Waals surface area contributed by atoms with Gasteiger partial charge in [0.05, 0.1) is 0 Å². The summed E-state index contributed by atoms with van der Waals surface area (Å²) in [6, 6.07) is 6.48. The van der Waals surface area contributed by atoms with E-state index in [9.17, 15) is 18.0 Å². The number of hydrogen-bond donors (Lipinski definition) is 0.